The van der Waals surface area contributed by atoms with Crippen molar-refractivity contribution in [2.24, 2.45) is 0 Å². The number of hydrogen-bond donors (Lipinski definition) is 1. The van der Waals surface area contributed by atoms with Crippen LogP contribution in [0, 0.1) is 0 Å². The van der Waals surface area contributed by atoms with Gasteiger partial charge in [-0.3, -0.25) is 0 Å². The van der Waals surface area contributed by atoms with Crippen LogP contribution in [0.3, 0.4) is 0 Å². The molecule has 0 bridgehead atoms. The van der Waals surface area contributed by atoms with Crippen LogP contribution in [0.15, 0.2) is 23.7 Å². The van der Waals surface area contributed by atoms with Gasteiger partial charge in [-0.25, -0.2) is 4.98 Å². The van der Waals surface area contributed by atoms with Crippen molar-refractivity contribution in [1.82, 2.24) is 10.3 Å². The minimum atomic E-state index is -0.358. The molecular weight excluding hydrogens is 343 g/mol. The van der Waals surface area contributed by atoms with Crippen molar-refractivity contribution in [2.75, 3.05) is 13.6 Å². The first-order valence-electron chi connectivity index (χ1n) is 7.99. The van der Waals surface area contributed by atoms with E-state index < -0.39 is 0 Å². The molecular formula is C17H22BClN2O2S. The molecule has 0 saturated carbocycles. The third kappa shape index (κ3) is 3.39. The average molecular weight is 365 g/mol. The van der Waals surface area contributed by atoms with Gasteiger partial charge in [0.1, 0.15) is 0 Å². The maximum atomic E-state index is 6.18. The second-order valence-electron chi connectivity index (χ2n) is 7.03. The van der Waals surface area contributed by atoms with Crippen molar-refractivity contribution in [3.05, 3.63) is 33.7 Å². The lowest BCUT2D eigenvalue weighted by Crippen LogP contribution is -2.41. The summed E-state index contributed by atoms with van der Waals surface area (Å²) in [5.74, 6) is 0. The van der Waals surface area contributed by atoms with Gasteiger partial charge in [0.2, 0.25) is 0 Å². The number of benzene rings is 1. The van der Waals surface area contributed by atoms with Crippen LogP contribution in [-0.2, 0) is 9.31 Å². The second-order valence-corrected chi connectivity index (χ2v) is 8.64. The largest absolute Gasteiger partial charge is 0.491 e. The summed E-state index contributed by atoms with van der Waals surface area (Å²) in [6, 6.07) is 6.13. The van der Waals surface area contributed by atoms with Gasteiger partial charge in [0.05, 0.1) is 21.4 Å². The van der Waals surface area contributed by atoms with E-state index in [1.54, 1.807) is 0 Å². The van der Waals surface area contributed by atoms with Crippen LogP contribution in [0.4, 0.5) is 0 Å². The Morgan fingerprint density at radius 3 is 2.58 bits per heavy atom. The molecule has 3 rings (SSSR count). The molecule has 1 saturated heterocycles. The van der Waals surface area contributed by atoms with E-state index in [1.165, 1.54) is 11.3 Å². The summed E-state index contributed by atoms with van der Waals surface area (Å²) >= 11 is 7.48. The van der Waals surface area contributed by atoms with Gasteiger partial charge >= 0.3 is 7.12 Å². The van der Waals surface area contributed by atoms with E-state index in [9.17, 15) is 0 Å². The SMILES string of the molecule is CNCC(=Cc1ccc2nc(Cl)sc2c1)B1OC(C)(C)C(C)(C)O1. The van der Waals surface area contributed by atoms with Gasteiger partial charge in [-0.2, -0.15) is 0 Å². The Bertz CT molecular complexity index is 772. The first-order chi connectivity index (χ1) is 11.2. The number of hydrogen-bond acceptors (Lipinski definition) is 5. The zero-order valence-corrected chi connectivity index (χ0v) is 16.2. The lowest BCUT2D eigenvalue weighted by Gasteiger charge is -2.32. The Morgan fingerprint density at radius 2 is 1.96 bits per heavy atom. The van der Waals surface area contributed by atoms with E-state index >= 15 is 0 Å². The number of halogens is 1. The molecule has 1 N–H and O–H groups in total. The number of fused-ring (bicyclic) bond motifs is 1. The normalized spacial score (nSPS) is 20.1. The molecule has 1 aliphatic rings. The molecule has 0 unspecified atom stereocenters. The minimum Gasteiger partial charge on any atom is -0.400 e. The van der Waals surface area contributed by atoms with Gasteiger partial charge in [-0.15, -0.1) is 11.3 Å². The first-order valence-corrected chi connectivity index (χ1v) is 9.18. The van der Waals surface area contributed by atoms with E-state index in [2.05, 4.69) is 50.1 Å². The number of aromatic nitrogens is 1. The third-order valence-corrected chi connectivity index (χ3v) is 5.80. The van der Waals surface area contributed by atoms with Crippen molar-refractivity contribution in [3.8, 4) is 0 Å². The van der Waals surface area contributed by atoms with Gasteiger partial charge in [-0.05, 0) is 57.9 Å². The fraction of sp³-hybridized carbons (Fsp3) is 0.471. The number of thiazole rings is 1. The van der Waals surface area contributed by atoms with Crippen LogP contribution in [0.2, 0.25) is 4.47 Å². The molecule has 2 aromatic rings. The number of likely N-dealkylation sites (N-methyl/N-ethyl adjacent to an activating group) is 1. The number of nitrogens with zero attached hydrogens (tertiary/aromatic N) is 1. The molecule has 1 aromatic carbocycles. The molecule has 1 aliphatic heterocycles. The fourth-order valence-electron chi connectivity index (χ4n) is 2.62. The minimum absolute atomic E-state index is 0.348. The molecule has 128 valence electrons. The van der Waals surface area contributed by atoms with Gasteiger partial charge < -0.3 is 14.6 Å². The Labute approximate surface area is 152 Å². The molecule has 1 aromatic heterocycles. The molecule has 0 atom stereocenters. The summed E-state index contributed by atoms with van der Waals surface area (Å²) in [6.45, 7) is 8.95. The average Bonchev–Trinajstić information content (AvgIpc) is 2.94. The lowest BCUT2D eigenvalue weighted by molar-refractivity contribution is 0.00578. The zero-order valence-electron chi connectivity index (χ0n) is 14.6. The van der Waals surface area contributed by atoms with Crippen molar-refractivity contribution in [1.29, 1.82) is 0 Å². The zero-order chi connectivity index (χ0) is 17.5. The van der Waals surface area contributed by atoms with Gasteiger partial charge in [0.15, 0.2) is 4.47 Å². The molecule has 7 heteroatoms. The molecule has 4 nitrogen and oxygen atoms in total. The smallest absolute Gasteiger partial charge is 0.400 e. The van der Waals surface area contributed by atoms with Crippen LogP contribution in [0.5, 0.6) is 0 Å². The predicted molar refractivity (Wildman–Crippen MR) is 103 cm³/mol. The molecule has 2 heterocycles. The van der Waals surface area contributed by atoms with Gasteiger partial charge in [0.25, 0.3) is 0 Å². The summed E-state index contributed by atoms with van der Waals surface area (Å²) < 4.78 is 14.0. The van der Waals surface area contributed by atoms with E-state index in [-0.39, 0.29) is 18.3 Å². The standard InChI is InChI=1S/C17H22BClN2O2S/c1-16(2)17(3,4)23-18(22-16)12(10-20-5)8-11-6-7-13-14(9-11)24-15(19)21-13/h6-9,20H,10H2,1-5H3. The van der Waals surface area contributed by atoms with Crippen LogP contribution in [-0.4, -0.2) is 36.9 Å². The Morgan fingerprint density at radius 1 is 1.29 bits per heavy atom. The highest BCUT2D eigenvalue weighted by Crippen LogP contribution is 2.39. The van der Waals surface area contributed by atoms with Crippen molar-refractivity contribution < 1.29 is 9.31 Å². The Kier molecular flexibility index (Phi) is 4.79. The summed E-state index contributed by atoms with van der Waals surface area (Å²) in [5.41, 5.74) is 2.38. The van der Waals surface area contributed by atoms with Gasteiger partial charge in [0, 0.05) is 6.54 Å². The van der Waals surface area contributed by atoms with E-state index in [4.69, 9.17) is 20.9 Å². The molecule has 24 heavy (non-hydrogen) atoms. The predicted octanol–water partition coefficient (Wildman–Crippen LogP) is 4.18. The molecule has 0 radical (unpaired) electrons. The maximum absolute atomic E-state index is 6.18. The summed E-state index contributed by atoms with van der Waals surface area (Å²) in [6.07, 6.45) is 2.12. The first kappa shape index (κ1) is 17.9. The van der Waals surface area contributed by atoms with Crippen LogP contribution < -0.4 is 5.32 Å². The van der Waals surface area contributed by atoms with Gasteiger partial charge in [-0.1, -0.05) is 23.7 Å². The third-order valence-electron chi connectivity index (χ3n) is 4.68. The monoisotopic (exact) mass is 364 g/mol. The number of nitrogens with one attached hydrogen (secondary N) is 1. The van der Waals surface area contributed by atoms with E-state index in [1.807, 2.05) is 19.2 Å². The van der Waals surface area contributed by atoms with E-state index in [0.29, 0.717) is 11.0 Å². The summed E-state index contributed by atoms with van der Waals surface area (Å²) in [5, 5.41) is 3.20. The summed E-state index contributed by atoms with van der Waals surface area (Å²) in [4.78, 5) is 4.29. The van der Waals surface area contributed by atoms with Crippen molar-refractivity contribution in [3.63, 3.8) is 0 Å². The lowest BCUT2D eigenvalue weighted by atomic mass is 9.77. The maximum Gasteiger partial charge on any atom is 0.491 e. The highest BCUT2D eigenvalue weighted by Gasteiger charge is 2.52. The van der Waals surface area contributed by atoms with Crippen LogP contribution in [0.1, 0.15) is 33.3 Å². The van der Waals surface area contributed by atoms with Crippen molar-refractivity contribution in [2.45, 2.75) is 38.9 Å². The second kappa shape index (κ2) is 6.43. The molecule has 0 amide bonds. The molecule has 0 aliphatic carbocycles. The molecule has 0 spiro atoms. The van der Waals surface area contributed by atoms with Crippen LogP contribution >= 0.6 is 22.9 Å². The Hall–Kier alpha value is -0.915. The fourth-order valence-corrected chi connectivity index (χ4v) is 3.70. The Balaban J connectivity index is 1.93. The van der Waals surface area contributed by atoms with E-state index in [0.717, 1.165) is 21.3 Å². The topological polar surface area (TPSA) is 43.4 Å². The van der Waals surface area contributed by atoms with Crippen molar-refractivity contribution >= 4 is 46.3 Å². The summed E-state index contributed by atoms with van der Waals surface area (Å²) in [7, 11) is 1.56. The number of rotatable bonds is 4. The van der Waals surface area contributed by atoms with Crippen LogP contribution in [0.25, 0.3) is 16.3 Å². The quantitative estimate of drug-likeness (QED) is 0.826. The molecule has 1 fully saturated rings. The highest BCUT2D eigenvalue weighted by molar-refractivity contribution is 7.22. The highest BCUT2D eigenvalue weighted by atomic mass is 35.5.